The molecule has 0 fully saturated rings. The molecule has 0 unspecified atom stereocenters. The van der Waals surface area contributed by atoms with Crippen LogP contribution >= 0.6 is 0 Å². The van der Waals surface area contributed by atoms with E-state index in [4.69, 9.17) is 0 Å². The van der Waals surface area contributed by atoms with Crippen molar-refractivity contribution >= 4 is 29.2 Å². The largest absolute Gasteiger partial charge is 0.465 e. The highest BCUT2D eigenvalue weighted by Crippen LogP contribution is 2.35. The molecule has 142 valence electrons. The maximum absolute atomic E-state index is 11.6. The first-order chi connectivity index (χ1) is 12.9. The average Bonchev–Trinajstić information content (AvgIpc) is 3.04. The number of rotatable bonds is 6. The van der Waals surface area contributed by atoms with Crippen molar-refractivity contribution in [2.24, 2.45) is 0 Å². The van der Waals surface area contributed by atoms with Crippen LogP contribution in [0, 0.1) is 10.1 Å². The Morgan fingerprint density at radius 2 is 2.11 bits per heavy atom. The Hall–Kier alpha value is -3.27. The zero-order valence-corrected chi connectivity index (χ0v) is 15.1. The number of likely N-dealkylation sites (N-methyl/N-ethyl adjacent to an activating group) is 1. The van der Waals surface area contributed by atoms with E-state index in [1.165, 1.54) is 17.2 Å². The molecule has 0 saturated carbocycles. The lowest BCUT2D eigenvalue weighted by molar-refractivity contribution is -0.384. The van der Waals surface area contributed by atoms with Crippen LogP contribution in [0.1, 0.15) is 5.56 Å². The summed E-state index contributed by atoms with van der Waals surface area (Å²) in [7, 11) is 3.73. The van der Waals surface area contributed by atoms with Gasteiger partial charge in [-0.1, -0.05) is 0 Å². The molecule has 10 heteroatoms. The van der Waals surface area contributed by atoms with Crippen LogP contribution < -0.4 is 9.80 Å². The highest BCUT2D eigenvalue weighted by atomic mass is 16.6. The molecule has 2 aromatic rings. The summed E-state index contributed by atoms with van der Waals surface area (Å²) < 4.78 is 0. The molecular formula is C17H20N6O4. The Morgan fingerprint density at radius 1 is 1.33 bits per heavy atom. The summed E-state index contributed by atoms with van der Waals surface area (Å²) in [5, 5.41) is 20.5. The minimum absolute atomic E-state index is 0.0472. The number of anilines is 3. The van der Waals surface area contributed by atoms with Crippen molar-refractivity contribution in [2.75, 3.05) is 43.5 Å². The Labute approximate surface area is 155 Å². The van der Waals surface area contributed by atoms with Crippen LogP contribution in [0.15, 0.2) is 30.5 Å². The first-order valence-electron chi connectivity index (χ1n) is 8.40. The number of nitro benzene ring substituents is 1. The van der Waals surface area contributed by atoms with Crippen molar-refractivity contribution in [3.8, 4) is 0 Å². The maximum Gasteiger partial charge on any atom is 0.413 e. The zero-order valence-electron chi connectivity index (χ0n) is 15.1. The van der Waals surface area contributed by atoms with Gasteiger partial charge in [0.05, 0.1) is 4.92 Å². The van der Waals surface area contributed by atoms with Gasteiger partial charge in [0.1, 0.15) is 5.82 Å². The Bertz CT molecular complexity index is 872. The van der Waals surface area contributed by atoms with Gasteiger partial charge in [-0.15, -0.1) is 0 Å². The van der Waals surface area contributed by atoms with Crippen molar-refractivity contribution < 1.29 is 14.8 Å². The molecule has 1 aromatic carbocycles. The van der Waals surface area contributed by atoms with Gasteiger partial charge in [0.25, 0.3) is 5.69 Å². The summed E-state index contributed by atoms with van der Waals surface area (Å²) in [4.78, 5) is 35.7. The Morgan fingerprint density at radius 3 is 2.78 bits per heavy atom. The van der Waals surface area contributed by atoms with Gasteiger partial charge in [-0.3, -0.25) is 15.0 Å². The summed E-state index contributed by atoms with van der Waals surface area (Å²) in [5.41, 5.74) is 1.69. The van der Waals surface area contributed by atoms with Crippen molar-refractivity contribution in [1.29, 1.82) is 0 Å². The molecule has 0 saturated heterocycles. The number of carboxylic acid groups (broad SMARTS) is 1. The highest BCUT2D eigenvalue weighted by molar-refractivity contribution is 5.85. The monoisotopic (exact) mass is 372 g/mol. The van der Waals surface area contributed by atoms with Gasteiger partial charge in [-0.05, 0) is 38.2 Å². The molecule has 2 heterocycles. The molecule has 0 bridgehead atoms. The first-order valence-corrected chi connectivity index (χ1v) is 8.40. The summed E-state index contributed by atoms with van der Waals surface area (Å²) in [6, 6.07) is 6.24. The van der Waals surface area contributed by atoms with E-state index in [0.717, 1.165) is 11.3 Å². The van der Waals surface area contributed by atoms with Crippen molar-refractivity contribution in [2.45, 2.75) is 6.42 Å². The number of nitro groups is 1. The predicted molar refractivity (Wildman–Crippen MR) is 99.8 cm³/mol. The normalized spacial score (nSPS) is 12.9. The second kappa shape index (κ2) is 7.54. The predicted octanol–water partition coefficient (Wildman–Crippen LogP) is 2.12. The van der Waals surface area contributed by atoms with E-state index in [1.807, 2.05) is 23.9 Å². The van der Waals surface area contributed by atoms with Crippen LogP contribution in [-0.2, 0) is 6.42 Å². The molecule has 0 atom stereocenters. The Kier molecular flexibility index (Phi) is 5.17. The zero-order chi connectivity index (χ0) is 19.6. The first kappa shape index (κ1) is 18.5. The van der Waals surface area contributed by atoms with Gasteiger partial charge in [0.15, 0.2) is 0 Å². The number of benzene rings is 1. The average molecular weight is 372 g/mol. The fraction of sp³-hybridized carbons (Fsp3) is 0.353. The van der Waals surface area contributed by atoms with Gasteiger partial charge in [0, 0.05) is 43.7 Å². The number of fused-ring (bicyclic) bond motifs is 1. The SMILES string of the molecule is CN(C)CCN(C(=O)O)c1ccnc(N2CCc3cc([N+](=O)[O-])ccc32)n1. The van der Waals surface area contributed by atoms with E-state index in [0.29, 0.717) is 31.3 Å². The van der Waals surface area contributed by atoms with Crippen LogP contribution in [0.2, 0.25) is 0 Å². The molecule has 1 N–H and O–H groups in total. The summed E-state index contributed by atoms with van der Waals surface area (Å²) >= 11 is 0. The quantitative estimate of drug-likeness (QED) is 0.605. The molecule has 0 aliphatic carbocycles. The fourth-order valence-corrected chi connectivity index (χ4v) is 2.94. The second-order valence-electron chi connectivity index (χ2n) is 6.42. The Balaban J connectivity index is 1.89. The van der Waals surface area contributed by atoms with Crippen LogP contribution in [0.5, 0.6) is 0 Å². The third kappa shape index (κ3) is 3.95. The topological polar surface area (TPSA) is 116 Å². The van der Waals surface area contributed by atoms with Gasteiger partial charge >= 0.3 is 6.09 Å². The number of non-ortho nitro benzene ring substituents is 1. The van der Waals surface area contributed by atoms with E-state index in [9.17, 15) is 20.0 Å². The van der Waals surface area contributed by atoms with E-state index in [1.54, 1.807) is 18.2 Å². The third-order valence-electron chi connectivity index (χ3n) is 4.32. The number of aromatic nitrogens is 2. The molecule has 1 aliphatic rings. The van der Waals surface area contributed by atoms with Gasteiger partial charge in [-0.2, -0.15) is 4.98 Å². The minimum Gasteiger partial charge on any atom is -0.465 e. The number of amides is 1. The molecule has 3 rings (SSSR count). The van der Waals surface area contributed by atoms with Crippen LogP contribution in [0.3, 0.4) is 0 Å². The summed E-state index contributed by atoms with van der Waals surface area (Å²) in [6.07, 6.45) is 1.07. The molecule has 0 radical (unpaired) electrons. The van der Waals surface area contributed by atoms with Crippen LogP contribution in [0.4, 0.5) is 27.9 Å². The molecule has 0 spiro atoms. The lowest BCUT2D eigenvalue weighted by Crippen LogP contribution is -2.36. The second-order valence-corrected chi connectivity index (χ2v) is 6.42. The highest BCUT2D eigenvalue weighted by Gasteiger charge is 2.26. The van der Waals surface area contributed by atoms with E-state index < -0.39 is 11.0 Å². The fourth-order valence-electron chi connectivity index (χ4n) is 2.94. The molecule has 1 aliphatic heterocycles. The smallest absolute Gasteiger partial charge is 0.413 e. The van der Waals surface area contributed by atoms with Crippen molar-refractivity contribution in [1.82, 2.24) is 14.9 Å². The maximum atomic E-state index is 11.6. The van der Waals surface area contributed by atoms with Gasteiger partial charge in [0.2, 0.25) is 5.95 Å². The number of nitrogens with zero attached hydrogens (tertiary/aromatic N) is 6. The molecule has 1 aromatic heterocycles. The van der Waals surface area contributed by atoms with Crippen LogP contribution in [0.25, 0.3) is 0 Å². The standard InChI is InChI=1S/C17H20N6O4/c1-20(2)9-10-22(17(24)25)15-5-7-18-16(19-15)21-8-6-12-11-13(23(26)27)3-4-14(12)21/h3-5,7,11H,6,8-10H2,1-2H3,(H,24,25). The van der Waals surface area contributed by atoms with E-state index >= 15 is 0 Å². The number of carbonyl (C=O) groups is 1. The van der Waals surface area contributed by atoms with Gasteiger partial charge in [-0.25, -0.2) is 9.78 Å². The van der Waals surface area contributed by atoms with Crippen molar-refractivity contribution in [3.05, 3.63) is 46.1 Å². The van der Waals surface area contributed by atoms with Crippen LogP contribution in [-0.4, -0.2) is 64.7 Å². The molecular weight excluding hydrogens is 352 g/mol. The lowest BCUT2D eigenvalue weighted by Gasteiger charge is -2.22. The summed E-state index contributed by atoms with van der Waals surface area (Å²) in [6.45, 7) is 1.41. The minimum atomic E-state index is -1.08. The van der Waals surface area contributed by atoms with E-state index in [-0.39, 0.29) is 12.2 Å². The number of hydrogen-bond acceptors (Lipinski definition) is 7. The number of hydrogen-bond donors (Lipinski definition) is 1. The third-order valence-corrected chi connectivity index (χ3v) is 4.32. The molecule has 27 heavy (non-hydrogen) atoms. The molecule has 10 nitrogen and oxygen atoms in total. The lowest BCUT2D eigenvalue weighted by atomic mass is 10.1. The summed E-state index contributed by atoms with van der Waals surface area (Å²) in [5.74, 6) is 0.668. The van der Waals surface area contributed by atoms with Gasteiger partial charge < -0.3 is 14.9 Å². The van der Waals surface area contributed by atoms with E-state index in [2.05, 4.69) is 9.97 Å². The van der Waals surface area contributed by atoms with Crippen molar-refractivity contribution in [3.63, 3.8) is 0 Å². The molecule has 1 amide bonds.